The molecule has 0 aliphatic heterocycles. The second kappa shape index (κ2) is 5.44. The van der Waals surface area contributed by atoms with Gasteiger partial charge in [-0.1, -0.05) is 13.3 Å². The third kappa shape index (κ3) is 2.92. The minimum atomic E-state index is -0.117. The Morgan fingerprint density at radius 1 is 1.50 bits per heavy atom. The van der Waals surface area contributed by atoms with E-state index in [1.807, 2.05) is 6.92 Å². The molecule has 0 radical (unpaired) electrons. The number of rotatable bonds is 4. The first-order valence-corrected chi connectivity index (χ1v) is 5.42. The van der Waals surface area contributed by atoms with Gasteiger partial charge >= 0.3 is 0 Å². The largest absolute Gasteiger partial charge is 0.382 e. The van der Waals surface area contributed by atoms with Crippen molar-refractivity contribution < 1.29 is 4.79 Å². The van der Waals surface area contributed by atoms with Crippen LogP contribution in [-0.4, -0.2) is 34.1 Å². The van der Waals surface area contributed by atoms with E-state index in [0.29, 0.717) is 11.5 Å². The summed E-state index contributed by atoms with van der Waals surface area (Å²) < 4.78 is 0. The highest BCUT2D eigenvalue weighted by Crippen LogP contribution is 2.08. The number of anilines is 1. The van der Waals surface area contributed by atoms with Gasteiger partial charge in [0.1, 0.15) is 5.82 Å². The second-order valence-corrected chi connectivity index (χ2v) is 3.90. The van der Waals surface area contributed by atoms with Gasteiger partial charge in [-0.3, -0.25) is 4.79 Å². The molecule has 1 rings (SSSR count). The molecule has 0 spiro atoms. The summed E-state index contributed by atoms with van der Waals surface area (Å²) in [4.78, 5) is 13.6. The van der Waals surface area contributed by atoms with E-state index in [9.17, 15) is 4.79 Å². The van der Waals surface area contributed by atoms with E-state index < -0.39 is 0 Å². The SMILES string of the molecule is CCCC(C)N(C)C(=O)c1ccc(N)nn1. The van der Waals surface area contributed by atoms with Crippen LogP contribution >= 0.6 is 0 Å². The predicted octanol–water partition coefficient (Wildman–Crippen LogP) is 1.32. The van der Waals surface area contributed by atoms with Gasteiger partial charge in [-0.05, 0) is 25.5 Å². The van der Waals surface area contributed by atoms with Crippen LogP contribution in [0.1, 0.15) is 37.2 Å². The normalized spacial score (nSPS) is 12.2. The molecule has 1 unspecified atom stereocenters. The number of carbonyl (C=O) groups excluding carboxylic acids is 1. The minimum Gasteiger partial charge on any atom is -0.382 e. The molecule has 1 amide bonds. The van der Waals surface area contributed by atoms with E-state index in [1.165, 1.54) is 0 Å². The Morgan fingerprint density at radius 3 is 2.69 bits per heavy atom. The van der Waals surface area contributed by atoms with Gasteiger partial charge in [0.2, 0.25) is 0 Å². The highest BCUT2D eigenvalue weighted by molar-refractivity contribution is 5.92. The van der Waals surface area contributed by atoms with Gasteiger partial charge < -0.3 is 10.6 Å². The summed E-state index contributed by atoms with van der Waals surface area (Å²) >= 11 is 0. The first-order valence-electron chi connectivity index (χ1n) is 5.42. The summed E-state index contributed by atoms with van der Waals surface area (Å²) in [5.74, 6) is 0.203. The molecule has 0 saturated heterocycles. The fourth-order valence-corrected chi connectivity index (χ4v) is 1.45. The average molecular weight is 222 g/mol. The van der Waals surface area contributed by atoms with Crippen molar-refractivity contribution in [1.82, 2.24) is 15.1 Å². The van der Waals surface area contributed by atoms with Gasteiger partial charge in [-0.2, -0.15) is 0 Å². The van der Waals surface area contributed by atoms with E-state index in [0.717, 1.165) is 12.8 Å². The lowest BCUT2D eigenvalue weighted by atomic mass is 10.1. The average Bonchev–Trinajstić information content (AvgIpc) is 2.28. The fraction of sp³-hybridized carbons (Fsp3) is 0.545. The van der Waals surface area contributed by atoms with Gasteiger partial charge in [-0.25, -0.2) is 0 Å². The predicted molar refractivity (Wildman–Crippen MR) is 62.9 cm³/mol. The van der Waals surface area contributed by atoms with Crippen LogP contribution < -0.4 is 5.73 Å². The zero-order valence-electron chi connectivity index (χ0n) is 9.97. The third-order valence-electron chi connectivity index (χ3n) is 2.59. The number of nitrogen functional groups attached to an aromatic ring is 1. The summed E-state index contributed by atoms with van der Waals surface area (Å²) in [6.45, 7) is 4.12. The molecule has 5 heteroatoms. The molecule has 5 nitrogen and oxygen atoms in total. The highest BCUT2D eigenvalue weighted by atomic mass is 16.2. The Hall–Kier alpha value is -1.65. The maximum absolute atomic E-state index is 12.0. The van der Waals surface area contributed by atoms with Gasteiger partial charge in [-0.15, -0.1) is 10.2 Å². The molecule has 1 aromatic heterocycles. The highest BCUT2D eigenvalue weighted by Gasteiger charge is 2.18. The number of nitrogens with two attached hydrogens (primary N) is 1. The van der Waals surface area contributed by atoms with Gasteiger partial charge in [0.15, 0.2) is 5.69 Å². The number of aromatic nitrogens is 2. The Balaban J connectivity index is 2.73. The van der Waals surface area contributed by atoms with Gasteiger partial charge in [0.25, 0.3) is 5.91 Å². The van der Waals surface area contributed by atoms with Crippen LogP contribution in [0, 0.1) is 0 Å². The molecule has 1 atom stereocenters. The molecule has 1 heterocycles. The van der Waals surface area contributed by atoms with Crippen molar-refractivity contribution in [2.24, 2.45) is 0 Å². The molecule has 16 heavy (non-hydrogen) atoms. The van der Waals surface area contributed by atoms with E-state index in [-0.39, 0.29) is 11.9 Å². The van der Waals surface area contributed by atoms with Crippen LogP contribution in [0.5, 0.6) is 0 Å². The molecule has 0 bridgehead atoms. The van der Waals surface area contributed by atoms with Crippen LogP contribution in [-0.2, 0) is 0 Å². The number of hydrogen-bond donors (Lipinski definition) is 1. The zero-order valence-corrected chi connectivity index (χ0v) is 9.97. The van der Waals surface area contributed by atoms with E-state index in [2.05, 4.69) is 17.1 Å². The Kier molecular flexibility index (Phi) is 4.22. The summed E-state index contributed by atoms with van der Waals surface area (Å²) in [7, 11) is 1.78. The quantitative estimate of drug-likeness (QED) is 0.834. The summed E-state index contributed by atoms with van der Waals surface area (Å²) in [5, 5.41) is 7.44. The number of amides is 1. The Bertz CT molecular complexity index is 350. The maximum atomic E-state index is 12.0. The molecule has 0 fully saturated rings. The van der Waals surface area contributed by atoms with E-state index in [1.54, 1.807) is 24.1 Å². The first kappa shape index (κ1) is 12.4. The number of nitrogens with zero attached hydrogens (tertiary/aromatic N) is 3. The molecule has 0 aliphatic carbocycles. The van der Waals surface area contributed by atoms with Crippen molar-refractivity contribution in [3.8, 4) is 0 Å². The molecular formula is C11H18N4O. The molecule has 2 N–H and O–H groups in total. The lowest BCUT2D eigenvalue weighted by Crippen LogP contribution is -2.35. The summed E-state index contributed by atoms with van der Waals surface area (Å²) in [6.07, 6.45) is 2.02. The molecular weight excluding hydrogens is 204 g/mol. The van der Waals surface area contributed by atoms with E-state index >= 15 is 0 Å². The number of hydrogen-bond acceptors (Lipinski definition) is 4. The summed E-state index contributed by atoms with van der Waals surface area (Å²) in [6, 6.07) is 3.38. The molecule has 1 aromatic rings. The molecule has 0 saturated carbocycles. The van der Waals surface area contributed by atoms with Crippen molar-refractivity contribution in [1.29, 1.82) is 0 Å². The van der Waals surface area contributed by atoms with E-state index in [4.69, 9.17) is 5.73 Å². The van der Waals surface area contributed by atoms with Crippen molar-refractivity contribution in [3.63, 3.8) is 0 Å². The fourth-order valence-electron chi connectivity index (χ4n) is 1.45. The smallest absolute Gasteiger partial charge is 0.274 e. The monoisotopic (exact) mass is 222 g/mol. The van der Waals surface area contributed by atoms with Crippen molar-refractivity contribution in [2.75, 3.05) is 12.8 Å². The van der Waals surface area contributed by atoms with Gasteiger partial charge in [0.05, 0.1) is 0 Å². The van der Waals surface area contributed by atoms with Crippen molar-refractivity contribution in [3.05, 3.63) is 17.8 Å². The Morgan fingerprint density at radius 2 is 2.19 bits per heavy atom. The van der Waals surface area contributed by atoms with Crippen LogP contribution in [0.25, 0.3) is 0 Å². The van der Waals surface area contributed by atoms with Crippen LogP contribution in [0.2, 0.25) is 0 Å². The maximum Gasteiger partial charge on any atom is 0.274 e. The lowest BCUT2D eigenvalue weighted by molar-refractivity contribution is 0.0729. The first-order chi connectivity index (χ1) is 7.56. The number of carbonyl (C=O) groups is 1. The topological polar surface area (TPSA) is 72.1 Å². The van der Waals surface area contributed by atoms with Crippen molar-refractivity contribution in [2.45, 2.75) is 32.7 Å². The molecule has 0 aromatic carbocycles. The third-order valence-corrected chi connectivity index (χ3v) is 2.59. The minimum absolute atomic E-state index is 0.117. The van der Waals surface area contributed by atoms with Crippen LogP contribution in [0.15, 0.2) is 12.1 Å². The standard InChI is InChI=1S/C11H18N4O/c1-4-5-8(2)15(3)11(16)9-6-7-10(12)14-13-9/h6-8H,4-5H2,1-3H3,(H2,12,14). The second-order valence-electron chi connectivity index (χ2n) is 3.90. The molecule has 0 aliphatic rings. The summed E-state index contributed by atoms with van der Waals surface area (Å²) in [5.41, 5.74) is 5.74. The van der Waals surface area contributed by atoms with Crippen molar-refractivity contribution >= 4 is 11.7 Å². The zero-order chi connectivity index (χ0) is 12.1. The van der Waals surface area contributed by atoms with Crippen LogP contribution in [0.3, 0.4) is 0 Å². The lowest BCUT2D eigenvalue weighted by Gasteiger charge is -2.23. The van der Waals surface area contributed by atoms with Crippen LogP contribution in [0.4, 0.5) is 5.82 Å². The Labute approximate surface area is 95.7 Å². The molecule has 88 valence electrons. The van der Waals surface area contributed by atoms with Gasteiger partial charge in [0, 0.05) is 13.1 Å².